The van der Waals surface area contributed by atoms with Gasteiger partial charge in [0.2, 0.25) is 5.95 Å². The number of carbonyl (C=O) groups is 1. The number of hydrogen-bond donors (Lipinski definition) is 3. The molecule has 0 aliphatic heterocycles. The fourth-order valence-electron chi connectivity index (χ4n) is 1.45. The maximum Gasteiger partial charge on any atom is 0.335 e. The Bertz CT molecular complexity index is 838. The Hall–Kier alpha value is -2.73. The standard InChI is InChI=1S/C10H6F2N4O5S/c11-8-14-9(12)16-10(15-8)13-5-1-4(7(17)18)2-6(3-5)22(19,20)21/h1-3H,(H,17,18)(H,19,20,21)(H,13,14,15,16). The van der Waals surface area contributed by atoms with E-state index in [1.807, 2.05) is 0 Å². The summed E-state index contributed by atoms with van der Waals surface area (Å²) in [5, 5.41) is 11.1. The van der Waals surface area contributed by atoms with Gasteiger partial charge in [-0.05, 0) is 18.2 Å². The van der Waals surface area contributed by atoms with Crippen LogP contribution in [0.3, 0.4) is 0 Å². The van der Waals surface area contributed by atoms with Crippen molar-refractivity contribution in [3.8, 4) is 0 Å². The van der Waals surface area contributed by atoms with Gasteiger partial charge in [-0.25, -0.2) is 4.79 Å². The van der Waals surface area contributed by atoms with Crippen molar-refractivity contribution in [3.63, 3.8) is 0 Å². The van der Waals surface area contributed by atoms with E-state index < -0.39 is 44.7 Å². The highest BCUT2D eigenvalue weighted by atomic mass is 32.2. The number of nitrogens with zero attached hydrogens (tertiary/aromatic N) is 3. The van der Waals surface area contributed by atoms with Crippen LogP contribution in [0.5, 0.6) is 0 Å². The summed E-state index contributed by atoms with van der Waals surface area (Å²) in [4.78, 5) is 19.0. The molecule has 2 rings (SSSR count). The van der Waals surface area contributed by atoms with Crippen LogP contribution in [0.4, 0.5) is 20.4 Å². The van der Waals surface area contributed by atoms with E-state index >= 15 is 0 Å². The van der Waals surface area contributed by atoms with Crippen LogP contribution in [-0.2, 0) is 10.1 Å². The van der Waals surface area contributed by atoms with Crippen molar-refractivity contribution in [1.82, 2.24) is 15.0 Å². The highest BCUT2D eigenvalue weighted by Crippen LogP contribution is 2.21. The molecule has 0 radical (unpaired) electrons. The van der Waals surface area contributed by atoms with E-state index in [1.165, 1.54) is 0 Å². The second-order valence-electron chi connectivity index (χ2n) is 3.85. The van der Waals surface area contributed by atoms with Crippen LogP contribution >= 0.6 is 0 Å². The highest BCUT2D eigenvalue weighted by molar-refractivity contribution is 7.85. The molecule has 3 N–H and O–H groups in total. The highest BCUT2D eigenvalue weighted by Gasteiger charge is 2.16. The van der Waals surface area contributed by atoms with Gasteiger partial charge in [0.1, 0.15) is 0 Å². The van der Waals surface area contributed by atoms with E-state index in [1.54, 1.807) is 0 Å². The van der Waals surface area contributed by atoms with E-state index in [4.69, 9.17) is 9.66 Å². The van der Waals surface area contributed by atoms with Crippen molar-refractivity contribution >= 4 is 27.7 Å². The first-order chi connectivity index (χ1) is 10.1. The van der Waals surface area contributed by atoms with E-state index in [9.17, 15) is 22.0 Å². The number of anilines is 2. The van der Waals surface area contributed by atoms with Gasteiger partial charge in [-0.15, -0.1) is 0 Å². The van der Waals surface area contributed by atoms with Gasteiger partial charge in [0, 0.05) is 5.69 Å². The minimum absolute atomic E-state index is 0.225. The lowest BCUT2D eigenvalue weighted by atomic mass is 10.2. The van der Waals surface area contributed by atoms with Crippen LogP contribution in [0.1, 0.15) is 10.4 Å². The Morgan fingerprint density at radius 1 is 1.09 bits per heavy atom. The van der Waals surface area contributed by atoms with Gasteiger partial charge in [0.05, 0.1) is 10.5 Å². The average molecular weight is 332 g/mol. The Morgan fingerprint density at radius 3 is 2.18 bits per heavy atom. The summed E-state index contributed by atoms with van der Waals surface area (Å²) in [5.41, 5.74) is -0.717. The third kappa shape index (κ3) is 3.67. The molecule has 116 valence electrons. The van der Waals surface area contributed by atoms with Gasteiger partial charge >= 0.3 is 18.1 Å². The number of carboxylic acids is 1. The van der Waals surface area contributed by atoms with E-state index in [-0.39, 0.29) is 5.69 Å². The molecule has 2 aromatic rings. The monoisotopic (exact) mass is 332 g/mol. The summed E-state index contributed by atoms with van der Waals surface area (Å²) >= 11 is 0. The normalized spacial score (nSPS) is 11.2. The first-order valence-electron chi connectivity index (χ1n) is 5.35. The smallest absolute Gasteiger partial charge is 0.335 e. The number of aromatic nitrogens is 3. The zero-order chi connectivity index (χ0) is 16.5. The molecule has 0 amide bonds. The first-order valence-corrected chi connectivity index (χ1v) is 6.79. The minimum atomic E-state index is -4.69. The summed E-state index contributed by atoms with van der Waals surface area (Å²) in [6, 6.07) is 2.50. The lowest BCUT2D eigenvalue weighted by molar-refractivity contribution is 0.0696. The quantitative estimate of drug-likeness (QED) is 0.694. The van der Waals surface area contributed by atoms with Gasteiger partial charge in [0.15, 0.2) is 0 Å². The molecule has 0 aliphatic rings. The Kier molecular flexibility index (Phi) is 3.97. The number of rotatable bonds is 4. The van der Waals surface area contributed by atoms with Crippen LogP contribution in [0, 0.1) is 12.2 Å². The van der Waals surface area contributed by atoms with Crippen molar-refractivity contribution in [1.29, 1.82) is 0 Å². The molecule has 0 atom stereocenters. The molecular weight excluding hydrogens is 326 g/mol. The Labute approximate surface area is 121 Å². The van der Waals surface area contributed by atoms with Gasteiger partial charge in [-0.2, -0.15) is 32.2 Å². The molecule has 0 fully saturated rings. The molecule has 0 bridgehead atoms. The van der Waals surface area contributed by atoms with E-state index in [0.717, 1.165) is 12.1 Å². The molecule has 12 heteroatoms. The van der Waals surface area contributed by atoms with Gasteiger partial charge in [-0.1, -0.05) is 0 Å². The number of hydrogen-bond acceptors (Lipinski definition) is 7. The molecule has 0 unspecified atom stereocenters. The van der Waals surface area contributed by atoms with E-state index in [2.05, 4.69) is 20.3 Å². The molecule has 22 heavy (non-hydrogen) atoms. The molecule has 1 aromatic heterocycles. The summed E-state index contributed by atoms with van der Waals surface area (Å²) in [6.07, 6.45) is -2.86. The van der Waals surface area contributed by atoms with Crippen LogP contribution < -0.4 is 5.32 Å². The fourth-order valence-corrected chi connectivity index (χ4v) is 2.01. The van der Waals surface area contributed by atoms with Gasteiger partial charge in [-0.3, -0.25) is 4.55 Å². The SMILES string of the molecule is O=C(O)c1cc(Nc2nc(F)nc(F)n2)cc(S(=O)(=O)O)c1. The Morgan fingerprint density at radius 2 is 1.68 bits per heavy atom. The zero-order valence-electron chi connectivity index (χ0n) is 10.4. The minimum Gasteiger partial charge on any atom is -0.478 e. The lowest BCUT2D eigenvalue weighted by Gasteiger charge is -2.07. The number of carboxylic acid groups (broad SMARTS) is 1. The third-order valence-corrected chi connectivity index (χ3v) is 3.12. The molecule has 1 aromatic carbocycles. The van der Waals surface area contributed by atoms with Crippen LogP contribution in [-0.4, -0.2) is 39.0 Å². The topological polar surface area (TPSA) is 142 Å². The second-order valence-corrected chi connectivity index (χ2v) is 5.27. The maximum absolute atomic E-state index is 12.8. The summed E-state index contributed by atoms with van der Waals surface area (Å²) in [6.45, 7) is 0. The molecule has 0 spiro atoms. The number of aromatic carboxylic acids is 1. The maximum atomic E-state index is 12.8. The number of nitrogens with one attached hydrogen (secondary N) is 1. The van der Waals surface area contributed by atoms with Crippen molar-refractivity contribution in [3.05, 3.63) is 35.9 Å². The molecular formula is C10H6F2N4O5S. The van der Waals surface area contributed by atoms with E-state index in [0.29, 0.717) is 6.07 Å². The van der Waals surface area contributed by atoms with Crippen LogP contribution in [0.2, 0.25) is 0 Å². The summed E-state index contributed by atoms with van der Waals surface area (Å²) < 4.78 is 56.8. The third-order valence-electron chi connectivity index (χ3n) is 2.29. The molecule has 0 aliphatic carbocycles. The number of halogens is 2. The van der Waals surface area contributed by atoms with Crippen LogP contribution in [0.25, 0.3) is 0 Å². The van der Waals surface area contributed by atoms with Crippen LogP contribution in [0.15, 0.2) is 23.1 Å². The molecule has 9 nitrogen and oxygen atoms in total. The number of benzene rings is 1. The summed E-state index contributed by atoms with van der Waals surface area (Å²) in [7, 11) is -4.69. The predicted octanol–water partition coefficient (Wildman–Crippen LogP) is 0.838. The molecule has 0 saturated heterocycles. The van der Waals surface area contributed by atoms with Gasteiger partial charge in [0.25, 0.3) is 10.1 Å². The Balaban J connectivity index is 2.50. The molecule has 1 heterocycles. The lowest BCUT2D eigenvalue weighted by Crippen LogP contribution is -2.07. The van der Waals surface area contributed by atoms with Crippen molar-refractivity contribution < 1.29 is 31.7 Å². The fraction of sp³-hybridized carbons (Fsp3) is 0. The van der Waals surface area contributed by atoms with Crippen molar-refractivity contribution in [2.24, 2.45) is 0 Å². The zero-order valence-corrected chi connectivity index (χ0v) is 11.2. The largest absolute Gasteiger partial charge is 0.478 e. The average Bonchev–Trinajstić information content (AvgIpc) is 2.35. The summed E-state index contributed by atoms with van der Waals surface area (Å²) in [5.74, 6) is -2.10. The predicted molar refractivity (Wildman–Crippen MR) is 66.2 cm³/mol. The first kappa shape index (κ1) is 15.7. The second kappa shape index (κ2) is 5.57. The molecule has 0 saturated carbocycles. The van der Waals surface area contributed by atoms with Crippen molar-refractivity contribution in [2.75, 3.05) is 5.32 Å². The van der Waals surface area contributed by atoms with Gasteiger partial charge < -0.3 is 10.4 Å². The van der Waals surface area contributed by atoms with Crippen molar-refractivity contribution in [2.45, 2.75) is 4.90 Å².